The molecule has 0 radical (unpaired) electrons. The third kappa shape index (κ3) is 4.03. The number of nitro groups is 1. The molecule has 1 N–H and O–H groups in total. The van der Waals surface area contributed by atoms with Crippen molar-refractivity contribution in [2.75, 3.05) is 6.50 Å². The lowest BCUT2D eigenvalue weighted by Crippen LogP contribution is -2.46. The number of carbonyl (C=O) groups is 1. The highest BCUT2D eigenvalue weighted by Gasteiger charge is 2.46. The van der Waals surface area contributed by atoms with Crippen molar-refractivity contribution in [2.24, 2.45) is 0 Å². The minimum absolute atomic E-state index is 0.249. The number of esters is 1. The van der Waals surface area contributed by atoms with Gasteiger partial charge >= 0.3 is 5.97 Å². The van der Waals surface area contributed by atoms with Gasteiger partial charge in [-0.2, -0.15) is 0 Å². The lowest BCUT2D eigenvalue weighted by atomic mass is 9.93. The average Bonchev–Trinajstić information content (AvgIpc) is 2.36. The van der Waals surface area contributed by atoms with Crippen LogP contribution in [0.3, 0.4) is 0 Å². The molecule has 0 spiro atoms. The van der Waals surface area contributed by atoms with E-state index in [0.717, 1.165) is 0 Å². The normalized spacial score (nSPS) is 16.8. The third-order valence-corrected chi connectivity index (χ3v) is 2.14. The first kappa shape index (κ1) is 12.1. The van der Waals surface area contributed by atoms with Gasteiger partial charge in [0.15, 0.2) is 0 Å². The number of ether oxygens (including phenoxy) is 1. The predicted molar refractivity (Wildman–Crippen MR) is 68.0 cm³/mol. The van der Waals surface area contributed by atoms with E-state index < -0.39 is 28.6 Å². The van der Waals surface area contributed by atoms with E-state index in [-0.39, 0.29) is 5.56 Å². The second-order valence-corrected chi connectivity index (χ2v) is 4.95. The molecule has 0 bridgehead atoms. The molecular formula is C13H17NO5. The first-order chi connectivity index (χ1) is 9.43. The highest BCUT2D eigenvalue weighted by atomic mass is 16.6. The van der Waals surface area contributed by atoms with Crippen LogP contribution in [-0.2, 0) is 15.1 Å². The second-order valence-electron chi connectivity index (χ2n) is 4.95. The van der Waals surface area contributed by atoms with Crippen LogP contribution in [0.15, 0.2) is 30.3 Å². The van der Waals surface area contributed by atoms with Gasteiger partial charge in [0, 0.05) is 10.5 Å². The van der Waals surface area contributed by atoms with Crippen molar-refractivity contribution in [1.82, 2.24) is 0 Å². The summed E-state index contributed by atoms with van der Waals surface area (Å²) in [5, 5.41) is 21.5. The van der Waals surface area contributed by atoms with Gasteiger partial charge in [-0.3, -0.25) is 10.1 Å². The summed E-state index contributed by atoms with van der Waals surface area (Å²) in [6.45, 7) is 1.09. The van der Waals surface area contributed by atoms with Gasteiger partial charge in [-0.05, 0) is 20.8 Å². The number of nitrogens with zero attached hydrogens (tertiary/aromatic N) is 1. The second kappa shape index (κ2) is 5.36. The lowest BCUT2D eigenvalue weighted by Gasteiger charge is -2.27. The van der Waals surface area contributed by atoms with Crippen molar-refractivity contribution in [3.8, 4) is 0 Å². The summed E-state index contributed by atoms with van der Waals surface area (Å²) in [7, 11) is 0. The fourth-order valence-corrected chi connectivity index (χ4v) is 1.39. The van der Waals surface area contributed by atoms with Crippen LogP contribution >= 0.6 is 0 Å². The molecule has 0 aliphatic heterocycles. The van der Waals surface area contributed by atoms with Crippen LogP contribution in [0.5, 0.6) is 0 Å². The molecule has 0 saturated carbocycles. The molecule has 1 rings (SSSR count). The van der Waals surface area contributed by atoms with Crippen molar-refractivity contribution < 1.29 is 22.3 Å². The fraction of sp³-hybridized carbons (Fsp3) is 0.462. The molecule has 1 unspecified atom stereocenters. The van der Waals surface area contributed by atoms with E-state index in [9.17, 15) is 20.0 Å². The third-order valence-electron chi connectivity index (χ3n) is 2.14. The van der Waals surface area contributed by atoms with E-state index >= 15 is 0 Å². The van der Waals surface area contributed by atoms with Gasteiger partial charge in [-0.1, -0.05) is 30.3 Å². The van der Waals surface area contributed by atoms with E-state index in [1.165, 1.54) is 45.0 Å². The molecule has 0 aliphatic rings. The van der Waals surface area contributed by atoms with Crippen LogP contribution in [0.25, 0.3) is 0 Å². The van der Waals surface area contributed by atoms with E-state index in [1.807, 2.05) is 0 Å². The Labute approximate surface area is 114 Å². The van der Waals surface area contributed by atoms with Crippen molar-refractivity contribution >= 4 is 5.97 Å². The molecule has 0 aromatic heterocycles. The Morgan fingerprint density at radius 2 is 1.95 bits per heavy atom. The summed E-state index contributed by atoms with van der Waals surface area (Å²) in [5.74, 6) is -1.41. The van der Waals surface area contributed by atoms with Crippen LogP contribution in [0.2, 0.25) is 0 Å². The zero-order valence-corrected chi connectivity index (χ0v) is 10.9. The fourth-order valence-electron chi connectivity index (χ4n) is 1.39. The lowest BCUT2D eigenvalue weighted by molar-refractivity contribution is -0.499. The summed E-state index contributed by atoms with van der Waals surface area (Å²) in [6.07, 6.45) is 0. The molecule has 0 heterocycles. The van der Waals surface area contributed by atoms with E-state index in [1.54, 1.807) is 6.07 Å². The van der Waals surface area contributed by atoms with Crippen molar-refractivity contribution in [3.05, 3.63) is 46.0 Å². The molecule has 1 aromatic carbocycles. The monoisotopic (exact) mass is 269 g/mol. The molecule has 6 nitrogen and oxygen atoms in total. The predicted octanol–water partition coefficient (Wildman–Crippen LogP) is 1.49. The Balaban J connectivity index is 3.44. The molecule has 0 amide bonds. The molecule has 0 aliphatic carbocycles. The molecule has 104 valence electrons. The minimum Gasteiger partial charge on any atom is -0.457 e. The smallest absolute Gasteiger partial charge is 0.350 e. The Hall–Kier alpha value is -1.95. The quantitative estimate of drug-likeness (QED) is 0.508. The number of aliphatic hydroxyl groups is 1. The number of carbonyl (C=O) groups excluding carboxylic acids is 1. The Morgan fingerprint density at radius 1 is 1.42 bits per heavy atom. The van der Waals surface area contributed by atoms with Crippen LogP contribution in [-0.4, -0.2) is 28.1 Å². The van der Waals surface area contributed by atoms with Gasteiger partial charge in [0.1, 0.15) is 8.34 Å². The molecule has 1 aromatic rings. The zero-order valence-electron chi connectivity index (χ0n) is 12.9. The molecule has 1 atom stereocenters. The van der Waals surface area contributed by atoms with E-state index in [4.69, 9.17) is 7.48 Å². The molecule has 19 heavy (non-hydrogen) atoms. The zero-order chi connectivity index (χ0) is 16.5. The number of benzene rings is 1. The Kier molecular flexibility index (Phi) is 3.41. The number of hydrogen-bond acceptors (Lipinski definition) is 5. The van der Waals surface area contributed by atoms with Crippen LogP contribution in [0.1, 0.15) is 29.1 Å². The molecule has 0 saturated heterocycles. The first-order valence-electron chi connectivity index (χ1n) is 6.59. The minimum atomic E-state index is -3.45. The summed E-state index contributed by atoms with van der Waals surface area (Å²) < 4.78 is 20.0. The Bertz CT molecular complexity index is 541. The van der Waals surface area contributed by atoms with Gasteiger partial charge in [0.05, 0.1) is 0 Å². The molecule has 0 fully saturated rings. The summed E-state index contributed by atoms with van der Waals surface area (Å²) >= 11 is 0. The summed E-state index contributed by atoms with van der Waals surface area (Å²) in [4.78, 5) is 21.8. The highest BCUT2D eigenvalue weighted by Crippen LogP contribution is 2.25. The molecular weight excluding hydrogens is 250 g/mol. The Morgan fingerprint density at radius 3 is 2.37 bits per heavy atom. The number of rotatable bonds is 4. The van der Waals surface area contributed by atoms with Crippen molar-refractivity contribution in [2.45, 2.75) is 32.0 Å². The van der Waals surface area contributed by atoms with Gasteiger partial charge < -0.3 is 9.84 Å². The van der Waals surface area contributed by atoms with E-state index in [0.29, 0.717) is 0 Å². The van der Waals surface area contributed by atoms with Crippen molar-refractivity contribution in [1.29, 1.82) is 0 Å². The van der Waals surface area contributed by atoms with Crippen LogP contribution in [0.4, 0.5) is 0 Å². The maximum absolute atomic E-state index is 12.2. The van der Waals surface area contributed by atoms with Crippen LogP contribution < -0.4 is 0 Å². The summed E-state index contributed by atoms with van der Waals surface area (Å²) in [5.41, 5.74) is -4.33. The van der Waals surface area contributed by atoms with Crippen molar-refractivity contribution in [3.63, 3.8) is 0 Å². The first-order valence-corrected chi connectivity index (χ1v) is 5.59. The van der Waals surface area contributed by atoms with Gasteiger partial charge in [-0.15, -0.1) is 0 Å². The van der Waals surface area contributed by atoms with Gasteiger partial charge in [-0.25, -0.2) is 4.79 Å². The largest absolute Gasteiger partial charge is 0.457 e. The van der Waals surface area contributed by atoms with Gasteiger partial charge in [0.25, 0.3) is 5.60 Å². The number of hydrogen-bond donors (Lipinski definition) is 1. The molecule has 6 heteroatoms. The average molecular weight is 269 g/mol. The van der Waals surface area contributed by atoms with E-state index in [2.05, 4.69) is 0 Å². The van der Waals surface area contributed by atoms with Crippen LogP contribution in [0, 0.1) is 10.1 Å². The summed E-state index contributed by atoms with van der Waals surface area (Å²) in [6, 6.07) is 6.89. The maximum Gasteiger partial charge on any atom is 0.350 e. The topological polar surface area (TPSA) is 89.7 Å². The standard InChI is InChI=1S/C13H17NO5/c1-12(2,3)19-11(15)13(16,9-14(17)18)10-7-5-4-6-8-10/h4-8,16H,9H2,1-3H3/i9D2. The SMILES string of the molecule is [2H]C([2H])([N+](=O)[O-])C(O)(C(=O)OC(C)(C)C)c1ccccc1. The maximum atomic E-state index is 12.2. The highest BCUT2D eigenvalue weighted by molar-refractivity contribution is 5.81. The van der Waals surface area contributed by atoms with Gasteiger partial charge in [0.2, 0.25) is 6.50 Å².